The number of hydrogen-bond acceptors (Lipinski definition) is 3. The first-order valence-corrected chi connectivity index (χ1v) is 8.95. The van der Waals surface area contributed by atoms with Crippen molar-refractivity contribution in [3.8, 4) is 0 Å². The Bertz CT molecular complexity index is 417. The molecule has 0 aliphatic carbocycles. The molecule has 0 radical (unpaired) electrons. The summed E-state index contributed by atoms with van der Waals surface area (Å²) in [5.74, 6) is 0.724. The summed E-state index contributed by atoms with van der Waals surface area (Å²) < 4.78 is 0. The third-order valence-corrected chi connectivity index (χ3v) is 4.69. The van der Waals surface area contributed by atoms with Crippen LogP contribution in [0.15, 0.2) is 24.3 Å². The third kappa shape index (κ3) is 4.47. The quantitative estimate of drug-likeness (QED) is 0.831. The Morgan fingerprint density at radius 3 is 2.14 bits per heavy atom. The van der Waals surface area contributed by atoms with E-state index < -0.39 is 0 Å². The average Bonchev–Trinajstić information content (AvgIpc) is 2.55. The van der Waals surface area contributed by atoms with Gasteiger partial charge >= 0.3 is 0 Å². The maximum atomic E-state index is 3.47. The Kier molecular flexibility index (Phi) is 6.71. The Labute approximate surface area is 136 Å². The van der Waals surface area contributed by atoms with Crippen molar-refractivity contribution in [3.63, 3.8) is 0 Å². The zero-order chi connectivity index (χ0) is 15.9. The van der Waals surface area contributed by atoms with Gasteiger partial charge in [0.25, 0.3) is 0 Å². The molecule has 1 saturated heterocycles. The van der Waals surface area contributed by atoms with Crippen LogP contribution in [0.25, 0.3) is 0 Å². The first kappa shape index (κ1) is 17.3. The second-order valence-electron chi connectivity index (χ2n) is 6.70. The average molecular weight is 303 g/mol. The van der Waals surface area contributed by atoms with Gasteiger partial charge in [-0.05, 0) is 43.9 Å². The summed E-state index contributed by atoms with van der Waals surface area (Å²) in [5, 5.41) is 3.47. The van der Waals surface area contributed by atoms with Crippen molar-refractivity contribution in [2.24, 2.45) is 5.92 Å². The minimum absolute atomic E-state index is 0.563. The molecule has 22 heavy (non-hydrogen) atoms. The maximum absolute atomic E-state index is 3.47. The van der Waals surface area contributed by atoms with Gasteiger partial charge in [0.15, 0.2) is 0 Å². The number of anilines is 1. The van der Waals surface area contributed by atoms with Gasteiger partial charge in [-0.15, -0.1) is 0 Å². The van der Waals surface area contributed by atoms with Crippen LogP contribution < -0.4 is 10.2 Å². The van der Waals surface area contributed by atoms with E-state index in [1.54, 1.807) is 0 Å². The molecule has 1 aliphatic heterocycles. The van der Waals surface area contributed by atoms with Crippen LogP contribution in [-0.4, -0.2) is 44.2 Å². The van der Waals surface area contributed by atoms with Gasteiger partial charge in [-0.1, -0.05) is 26.0 Å². The van der Waals surface area contributed by atoms with Crippen LogP contribution in [0.3, 0.4) is 0 Å². The zero-order valence-corrected chi connectivity index (χ0v) is 14.8. The lowest BCUT2D eigenvalue weighted by Gasteiger charge is -2.36. The molecule has 1 N–H and O–H groups in total. The molecule has 1 aliphatic rings. The number of rotatable bonds is 7. The zero-order valence-electron chi connectivity index (χ0n) is 14.8. The Morgan fingerprint density at radius 1 is 1.05 bits per heavy atom. The van der Waals surface area contributed by atoms with Crippen molar-refractivity contribution < 1.29 is 0 Å². The first-order valence-electron chi connectivity index (χ1n) is 8.95. The van der Waals surface area contributed by atoms with E-state index >= 15 is 0 Å². The fourth-order valence-corrected chi connectivity index (χ4v) is 3.43. The fourth-order valence-electron chi connectivity index (χ4n) is 3.43. The van der Waals surface area contributed by atoms with Crippen LogP contribution in [0.2, 0.25) is 0 Å². The highest BCUT2D eigenvalue weighted by molar-refractivity contribution is 5.47. The Hall–Kier alpha value is -1.06. The van der Waals surface area contributed by atoms with Crippen LogP contribution in [0.5, 0.6) is 0 Å². The van der Waals surface area contributed by atoms with E-state index in [2.05, 4.69) is 67.1 Å². The van der Waals surface area contributed by atoms with E-state index in [0.29, 0.717) is 6.04 Å². The molecule has 0 unspecified atom stereocenters. The summed E-state index contributed by atoms with van der Waals surface area (Å²) in [6.45, 7) is 15.8. The molecule has 1 atom stereocenters. The summed E-state index contributed by atoms with van der Waals surface area (Å²) in [6.07, 6.45) is 1.24. The summed E-state index contributed by atoms with van der Waals surface area (Å²) in [6, 6.07) is 9.87. The summed E-state index contributed by atoms with van der Waals surface area (Å²) in [7, 11) is 0. The van der Waals surface area contributed by atoms with Gasteiger partial charge in [-0.25, -0.2) is 0 Å². The normalized spacial score (nSPS) is 17.7. The lowest BCUT2D eigenvalue weighted by molar-refractivity contribution is 0.154. The molecular weight excluding hydrogens is 270 g/mol. The van der Waals surface area contributed by atoms with Gasteiger partial charge in [0.05, 0.1) is 0 Å². The molecule has 0 saturated carbocycles. The molecule has 0 aromatic heterocycles. The number of nitrogens with zero attached hydrogens (tertiary/aromatic N) is 2. The van der Waals surface area contributed by atoms with Gasteiger partial charge < -0.3 is 10.2 Å². The molecule has 1 aromatic carbocycles. The van der Waals surface area contributed by atoms with Gasteiger partial charge in [-0.2, -0.15) is 0 Å². The predicted octanol–water partition coefficient (Wildman–Crippen LogP) is 3.53. The van der Waals surface area contributed by atoms with E-state index in [1.165, 1.54) is 17.7 Å². The number of nitrogens with one attached hydrogen (secondary N) is 1. The summed E-state index contributed by atoms with van der Waals surface area (Å²) in [4.78, 5) is 5.06. The van der Waals surface area contributed by atoms with Gasteiger partial charge in [0, 0.05) is 51.0 Å². The highest BCUT2D eigenvalue weighted by Crippen LogP contribution is 2.29. The Balaban J connectivity index is 2.15. The molecule has 124 valence electrons. The first-order chi connectivity index (χ1) is 10.7. The minimum Gasteiger partial charge on any atom is -0.372 e. The van der Waals surface area contributed by atoms with E-state index in [4.69, 9.17) is 0 Å². The molecule has 0 bridgehead atoms. The minimum atomic E-state index is 0.563. The van der Waals surface area contributed by atoms with Crippen LogP contribution in [0.4, 0.5) is 5.69 Å². The van der Waals surface area contributed by atoms with E-state index in [0.717, 1.165) is 45.2 Å². The number of benzene rings is 1. The van der Waals surface area contributed by atoms with E-state index in [9.17, 15) is 0 Å². The molecule has 3 nitrogen and oxygen atoms in total. The van der Waals surface area contributed by atoms with Crippen molar-refractivity contribution in [1.82, 2.24) is 10.2 Å². The topological polar surface area (TPSA) is 18.5 Å². The molecule has 2 rings (SSSR count). The standard InChI is InChI=1S/C19H33N3/c1-5-21(6-2)18-9-7-17(8-10-18)19(15-16(3)4)22-13-11-20-12-14-22/h7-10,16,19-20H,5-6,11-15H2,1-4H3/t19-/m1/s1. The number of piperazine rings is 1. The molecular formula is C19H33N3. The highest BCUT2D eigenvalue weighted by atomic mass is 15.2. The maximum Gasteiger partial charge on any atom is 0.0366 e. The smallest absolute Gasteiger partial charge is 0.0366 e. The van der Waals surface area contributed by atoms with E-state index in [1.807, 2.05) is 0 Å². The van der Waals surface area contributed by atoms with Crippen molar-refractivity contribution in [1.29, 1.82) is 0 Å². The van der Waals surface area contributed by atoms with E-state index in [-0.39, 0.29) is 0 Å². The summed E-state index contributed by atoms with van der Waals surface area (Å²) >= 11 is 0. The molecule has 3 heteroatoms. The van der Waals surface area contributed by atoms with Crippen LogP contribution in [0.1, 0.15) is 45.7 Å². The van der Waals surface area contributed by atoms with Crippen molar-refractivity contribution in [3.05, 3.63) is 29.8 Å². The van der Waals surface area contributed by atoms with Gasteiger partial charge in [0.1, 0.15) is 0 Å². The monoisotopic (exact) mass is 303 g/mol. The lowest BCUT2D eigenvalue weighted by Crippen LogP contribution is -2.45. The molecule has 1 aromatic rings. The van der Waals surface area contributed by atoms with Crippen molar-refractivity contribution >= 4 is 5.69 Å². The SMILES string of the molecule is CCN(CC)c1ccc([C@@H](CC(C)C)N2CCNCC2)cc1. The van der Waals surface area contributed by atoms with Crippen molar-refractivity contribution in [2.45, 2.75) is 40.2 Å². The van der Waals surface area contributed by atoms with Crippen molar-refractivity contribution in [2.75, 3.05) is 44.2 Å². The van der Waals surface area contributed by atoms with Gasteiger partial charge in [-0.3, -0.25) is 4.90 Å². The second-order valence-corrected chi connectivity index (χ2v) is 6.70. The summed E-state index contributed by atoms with van der Waals surface area (Å²) in [5.41, 5.74) is 2.82. The van der Waals surface area contributed by atoms with Crippen LogP contribution >= 0.6 is 0 Å². The fraction of sp³-hybridized carbons (Fsp3) is 0.684. The predicted molar refractivity (Wildman–Crippen MR) is 96.6 cm³/mol. The lowest BCUT2D eigenvalue weighted by atomic mass is 9.95. The molecule has 1 heterocycles. The second kappa shape index (κ2) is 8.54. The van der Waals surface area contributed by atoms with Crippen LogP contribution in [0, 0.1) is 5.92 Å². The van der Waals surface area contributed by atoms with Crippen LogP contribution in [-0.2, 0) is 0 Å². The Morgan fingerprint density at radius 2 is 1.64 bits per heavy atom. The largest absolute Gasteiger partial charge is 0.372 e. The molecule has 0 amide bonds. The number of hydrogen-bond donors (Lipinski definition) is 1. The van der Waals surface area contributed by atoms with Gasteiger partial charge in [0.2, 0.25) is 0 Å². The highest BCUT2D eigenvalue weighted by Gasteiger charge is 2.23. The third-order valence-electron chi connectivity index (χ3n) is 4.69. The molecule has 0 spiro atoms. The molecule has 1 fully saturated rings.